The highest BCUT2D eigenvalue weighted by Gasteiger charge is 2.31. The Morgan fingerprint density at radius 1 is 1.38 bits per heavy atom. The van der Waals surface area contributed by atoms with Crippen molar-refractivity contribution in [2.75, 3.05) is 13.2 Å². The lowest BCUT2D eigenvalue weighted by atomic mass is 9.93. The van der Waals surface area contributed by atoms with Crippen LogP contribution in [0.15, 0.2) is 24.3 Å². The fourth-order valence-electron chi connectivity index (χ4n) is 2.47. The number of carbonyl (C=O) groups is 2. The lowest BCUT2D eigenvalue weighted by Gasteiger charge is -2.36. The third kappa shape index (κ3) is 3.71. The van der Waals surface area contributed by atoms with Crippen LogP contribution in [0.3, 0.4) is 0 Å². The van der Waals surface area contributed by atoms with Crippen molar-refractivity contribution in [3.05, 3.63) is 30.1 Å². The Morgan fingerprint density at radius 2 is 2.10 bits per heavy atom. The number of piperidine rings is 1. The van der Waals surface area contributed by atoms with Crippen molar-refractivity contribution in [3.63, 3.8) is 0 Å². The van der Waals surface area contributed by atoms with Crippen molar-refractivity contribution in [1.29, 1.82) is 0 Å². The topological polar surface area (TPSA) is 72.6 Å². The smallest absolute Gasteiger partial charge is 0.260 e. The molecule has 1 heterocycles. The van der Waals surface area contributed by atoms with Gasteiger partial charge >= 0.3 is 0 Å². The van der Waals surface area contributed by atoms with Crippen LogP contribution < -0.4 is 10.5 Å². The van der Waals surface area contributed by atoms with Gasteiger partial charge in [-0.05, 0) is 31.9 Å². The second-order valence-electron chi connectivity index (χ2n) is 5.29. The summed E-state index contributed by atoms with van der Waals surface area (Å²) in [6.45, 7) is 1.96. The van der Waals surface area contributed by atoms with Crippen LogP contribution in [0.5, 0.6) is 5.75 Å². The first-order valence-corrected chi connectivity index (χ1v) is 6.95. The number of rotatable bonds is 4. The van der Waals surface area contributed by atoms with Crippen LogP contribution in [0.2, 0.25) is 0 Å². The number of likely N-dealkylation sites (tertiary alicyclic amines) is 1. The molecular weight excluding hydrogens is 275 g/mol. The molecule has 1 aromatic carbocycles. The molecule has 1 saturated heterocycles. The van der Waals surface area contributed by atoms with Gasteiger partial charge in [-0.25, -0.2) is 4.39 Å². The largest absolute Gasteiger partial charge is 0.481 e. The van der Waals surface area contributed by atoms with E-state index < -0.39 is 11.7 Å². The molecule has 0 bridgehead atoms. The van der Waals surface area contributed by atoms with Gasteiger partial charge in [0.1, 0.15) is 0 Å². The molecule has 2 rings (SSSR count). The molecule has 2 amide bonds. The van der Waals surface area contributed by atoms with Gasteiger partial charge in [-0.1, -0.05) is 12.1 Å². The Bertz CT molecular complexity index is 535. The van der Waals surface area contributed by atoms with Crippen LogP contribution in [0.4, 0.5) is 4.39 Å². The van der Waals surface area contributed by atoms with Gasteiger partial charge in [0.15, 0.2) is 18.2 Å². The molecule has 0 aliphatic carbocycles. The molecule has 2 N–H and O–H groups in total. The van der Waals surface area contributed by atoms with Crippen molar-refractivity contribution < 1.29 is 18.7 Å². The summed E-state index contributed by atoms with van der Waals surface area (Å²) in [5.41, 5.74) is 5.30. The number of halogens is 1. The number of hydrogen-bond acceptors (Lipinski definition) is 3. The van der Waals surface area contributed by atoms with Crippen molar-refractivity contribution in [1.82, 2.24) is 4.90 Å². The van der Waals surface area contributed by atoms with Gasteiger partial charge in [-0.2, -0.15) is 0 Å². The van der Waals surface area contributed by atoms with Gasteiger partial charge in [-0.15, -0.1) is 0 Å². The maximum atomic E-state index is 13.4. The summed E-state index contributed by atoms with van der Waals surface area (Å²) in [4.78, 5) is 25.0. The minimum absolute atomic E-state index is 0.0253. The first-order chi connectivity index (χ1) is 9.99. The molecule has 1 fully saturated rings. The maximum absolute atomic E-state index is 13.4. The van der Waals surface area contributed by atoms with Crippen LogP contribution in [0, 0.1) is 11.7 Å². The number of nitrogens with zero attached hydrogens (tertiary/aromatic N) is 1. The van der Waals surface area contributed by atoms with E-state index in [4.69, 9.17) is 10.5 Å². The lowest BCUT2D eigenvalue weighted by Crippen LogP contribution is -2.50. The molecule has 0 spiro atoms. The van der Waals surface area contributed by atoms with E-state index in [1.54, 1.807) is 17.0 Å². The van der Waals surface area contributed by atoms with Crippen LogP contribution in [0.1, 0.15) is 19.8 Å². The zero-order valence-electron chi connectivity index (χ0n) is 11.9. The minimum Gasteiger partial charge on any atom is -0.481 e. The Kier molecular flexibility index (Phi) is 4.77. The summed E-state index contributed by atoms with van der Waals surface area (Å²) >= 11 is 0. The van der Waals surface area contributed by atoms with Crippen LogP contribution in [0.25, 0.3) is 0 Å². The lowest BCUT2D eigenvalue weighted by molar-refractivity contribution is -0.139. The van der Waals surface area contributed by atoms with E-state index >= 15 is 0 Å². The molecular formula is C15H19FN2O3. The molecule has 1 aliphatic rings. The predicted octanol–water partition coefficient (Wildman–Crippen LogP) is 1.32. The zero-order valence-corrected chi connectivity index (χ0v) is 11.9. The van der Waals surface area contributed by atoms with E-state index in [1.165, 1.54) is 12.1 Å². The second kappa shape index (κ2) is 6.56. The number of carbonyl (C=O) groups excluding carboxylic acids is 2. The summed E-state index contributed by atoms with van der Waals surface area (Å²) in [5, 5.41) is 0. The third-order valence-electron chi connectivity index (χ3n) is 3.79. The van der Waals surface area contributed by atoms with Crippen molar-refractivity contribution >= 4 is 11.8 Å². The Labute approximate surface area is 122 Å². The van der Waals surface area contributed by atoms with Gasteiger partial charge < -0.3 is 15.4 Å². The molecule has 2 atom stereocenters. The summed E-state index contributed by atoms with van der Waals surface area (Å²) in [6.07, 6.45) is 1.41. The summed E-state index contributed by atoms with van der Waals surface area (Å²) < 4.78 is 18.6. The monoisotopic (exact) mass is 294 g/mol. The van der Waals surface area contributed by atoms with Gasteiger partial charge in [-0.3, -0.25) is 9.59 Å². The Morgan fingerprint density at radius 3 is 2.76 bits per heavy atom. The quantitative estimate of drug-likeness (QED) is 0.910. The third-order valence-corrected chi connectivity index (χ3v) is 3.79. The highest BCUT2D eigenvalue weighted by Crippen LogP contribution is 2.22. The highest BCUT2D eigenvalue weighted by atomic mass is 19.1. The molecule has 6 heteroatoms. The van der Waals surface area contributed by atoms with E-state index in [2.05, 4.69) is 0 Å². The molecule has 0 saturated carbocycles. The number of amides is 2. The zero-order chi connectivity index (χ0) is 15.4. The van der Waals surface area contributed by atoms with E-state index in [0.717, 1.165) is 6.42 Å². The number of nitrogens with two attached hydrogens (primary N) is 1. The summed E-state index contributed by atoms with van der Waals surface area (Å²) in [6, 6.07) is 5.95. The molecule has 5 nitrogen and oxygen atoms in total. The van der Waals surface area contributed by atoms with Crippen LogP contribution in [-0.4, -0.2) is 35.9 Å². The van der Waals surface area contributed by atoms with E-state index in [1.807, 2.05) is 6.92 Å². The SMILES string of the molecule is C[C@@H]1CC[C@H](C(N)=O)CN1C(=O)COc1ccccc1F. The molecule has 21 heavy (non-hydrogen) atoms. The maximum Gasteiger partial charge on any atom is 0.260 e. The number of para-hydroxylation sites is 1. The van der Waals surface area contributed by atoms with Crippen molar-refractivity contribution in [2.24, 2.45) is 11.7 Å². The number of hydrogen-bond donors (Lipinski definition) is 1. The molecule has 1 aliphatic heterocycles. The minimum atomic E-state index is -0.507. The average Bonchev–Trinajstić information content (AvgIpc) is 2.46. The van der Waals surface area contributed by atoms with Crippen molar-refractivity contribution in [3.8, 4) is 5.75 Å². The van der Waals surface area contributed by atoms with Gasteiger partial charge in [0.05, 0.1) is 5.92 Å². The van der Waals surface area contributed by atoms with E-state index in [-0.39, 0.29) is 30.2 Å². The number of benzene rings is 1. The number of primary amides is 1. The van der Waals surface area contributed by atoms with E-state index in [0.29, 0.717) is 13.0 Å². The standard InChI is InChI=1S/C15H19FN2O3/c1-10-6-7-11(15(17)20)8-18(10)14(19)9-21-13-5-3-2-4-12(13)16/h2-5,10-11H,6-9H2,1H3,(H2,17,20)/t10-,11+/m1/s1. The average molecular weight is 294 g/mol. The predicted molar refractivity (Wildman–Crippen MR) is 75.0 cm³/mol. The fraction of sp³-hybridized carbons (Fsp3) is 0.467. The van der Waals surface area contributed by atoms with Crippen LogP contribution >= 0.6 is 0 Å². The molecule has 114 valence electrons. The normalized spacial score (nSPS) is 21.9. The summed E-state index contributed by atoms with van der Waals surface area (Å²) in [5.74, 6) is -1.45. The highest BCUT2D eigenvalue weighted by molar-refractivity contribution is 5.81. The molecule has 0 unspecified atom stereocenters. The Balaban J connectivity index is 1.95. The van der Waals surface area contributed by atoms with Gasteiger partial charge in [0.25, 0.3) is 5.91 Å². The van der Waals surface area contributed by atoms with Crippen LogP contribution in [-0.2, 0) is 9.59 Å². The molecule has 0 radical (unpaired) electrons. The first-order valence-electron chi connectivity index (χ1n) is 6.95. The van der Waals surface area contributed by atoms with Gasteiger partial charge in [0, 0.05) is 12.6 Å². The Hall–Kier alpha value is -2.11. The van der Waals surface area contributed by atoms with E-state index in [9.17, 15) is 14.0 Å². The van der Waals surface area contributed by atoms with Crippen molar-refractivity contribution in [2.45, 2.75) is 25.8 Å². The first kappa shape index (κ1) is 15.3. The fourth-order valence-corrected chi connectivity index (χ4v) is 2.47. The number of ether oxygens (including phenoxy) is 1. The van der Waals surface area contributed by atoms with Gasteiger partial charge in [0.2, 0.25) is 5.91 Å². The second-order valence-corrected chi connectivity index (χ2v) is 5.29. The molecule has 1 aromatic rings. The molecule has 0 aromatic heterocycles. The summed E-state index contributed by atoms with van der Waals surface area (Å²) in [7, 11) is 0.